The Kier molecular flexibility index (Phi) is 16.0. The summed E-state index contributed by atoms with van der Waals surface area (Å²) in [6.45, 7) is 16.7. The van der Waals surface area contributed by atoms with E-state index in [0.29, 0.717) is 12.0 Å². The highest BCUT2D eigenvalue weighted by molar-refractivity contribution is 7.80. The van der Waals surface area contributed by atoms with Gasteiger partial charge in [0.1, 0.15) is 29.3 Å². The molecule has 0 aliphatic carbocycles. The molecule has 2 aromatic rings. The van der Waals surface area contributed by atoms with Crippen LogP contribution < -0.4 is 10.6 Å². The van der Waals surface area contributed by atoms with Crippen LogP contribution in [0.4, 0.5) is 4.79 Å². The zero-order chi connectivity index (χ0) is 36.1. The number of hydrogen-bond donors (Lipinski definition) is 3. The van der Waals surface area contributed by atoms with Crippen molar-refractivity contribution in [1.82, 2.24) is 15.5 Å². The number of unbranched alkanes of at least 4 members (excludes halogenated alkanes) is 4. The van der Waals surface area contributed by atoms with Crippen LogP contribution in [0.3, 0.4) is 0 Å². The Morgan fingerprint density at radius 3 is 1.90 bits per heavy atom. The number of benzene rings is 2. The van der Waals surface area contributed by atoms with E-state index >= 15 is 0 Å². The molecule has 3 unspecified atom stereocenters. The van der Waals surface area contributed by atoms with Crippen LogP contribution in [-0.4, -0.2) is 64.4 Å². The molecule has 0 aliphatic rings. The average molecular weight is 684 g/mol. The number of ether oxygens (including phenoxy) is 2. The molecule has 0 saturated carbocycles. The van der Waals surface area contributed by atoms with Gasteiger partial charge in [-0.15, -0.1) is 0 Å². The number of alkyl carbamates (subject to hydrolysis) is 1. The van der Waals surface area contributed by atoms with Gasteiger partial charge in [0.2, 0.25) is 11.8 Å². The molecule has 2 N–H and O–H groups in total. The van der Waals surface area contributed by atoms with Gasteiger partial charge in [-0.25, -0.2) is 9.59 Å². The molecule has 0 saturated heterocycles. The first-order valence-electron chi connectivity index (χ1n) is 17.0. The van der Waals surface area contributed by atoms with Crippen LogP contribution in [0.25, 0.3) is 0 Å². The third kappa shape index (κ3) is 13.5. The number of nitrogens with zero attached hydrogens (tertiary/aromatic N) is 1. The summed E-state index contributed by atoms with van der Waals surface area (Å²) in [5.41, 5.74) is 1.59. The van der Waals surface area contributed by atoms with Crippen molar-refractivity contribution in [2.24, 2.45) is 0 Å². The van der Waals surface area contributed by atoms with E-state index in [9.17, 15) is 19.2 Å². The molecule has 0 heterocycles. The van der Waals surface area contributed by atoms with Crippen LogP contribution in [-0.2, 0) is 30.3 Å². The molecule has 0 bridgehead atoms. The van der Waals surface area contributed by atoms with Crippen LogP contribution in [0.5, 0.6) is 0 Å². The Bertz CT molecular complexity index is 1330. The molecule has 3 atom stereocenters. The number of carbonyl (C=O) groups excluding carboxylic acids is 4. The lowest BCUT2D eigenvalue weighted by Gasteiger charge is -2.36. The Morgan fingerprint density at radius 1 is 0.771 bits per heavy atom. The first kappa shape index (κ1) is 40.6. The fourth-order valence-electron chi connectivity index (χ4n) is 5.44. The molecule has 2 aromatic carbocycles. The summed E-state index contributed by atoms with van der Waals surface area (Å²) in [5.74, 6) is -1.57. The van der Waals surface area contributed by atoms with E-state index < -0.39 is 53.2 Å². The van der Waals surface area contributed by atoms with E-state index in [4.69, 9.17) is 9.47 Å². The van der Waals surface area contributed by atoms with E-state index in [1.807, 2.05) is 62.4 Å². The molecule has 9 nitrogen and oxygen atoms in total. The monoisotopic (exact) mass is 683 g/mol. The molecule has 0 aliphatic heterocycles. The zero-order valence-electron chi connectivity index (χ0n) is 30.4. The van der Waals surface area contributed by atoms with Crippen LogP contribution in [0.15, 0.2) is 48.5 Å². The van der Waals surface area contributed by atoms with E-state index in [0.717, 1.165) is 42.4 Å². The molecular weight excluding hydrogens is 627 g/mol. The highest BCUT2D eigenvalue weighted by Gasteiger charge is 2.39. The minimum Gasteiger partial charge on any atom is -0.458 e. The average Bonchev–Trinajstić information content (AvgIpc) is 2.98. The summed E-state index contributed by atoms with van der Waals surface area (Å²) in [7, 11) is 0. The van der Waals surface area contributed by atoms with Gasteiger partial charge in [-0.05, 0) is 84.1 Å². The minimum absolute atomic E-state index is 0.0138. The van der Waals surface area contributed by atoms with Crippen LogP contribution in [0.1, 0.15) is 109 Å². The SMILES string of the molecule is CCCCCCCN(C(=O)C(CS)NC(=O)OC(C)(C)C)C(C(=O)NC(Cc1ccccc1)C(=O)OC(C)(C)C)c1c(C)cccc1C. The Balaban J connectivity index is 2.64. The van der Waals surface area contributed by atoms with Crippen molar-refractivity contribution >= 4 is 36.5 Å². The zero-order valence-corrected chi connectivity index (χ0v) is 31.2. The van der Waals surface area contributed by atoms with Crippen molar-refractivity contribution < 1.29 is 28.7 Å². The van der Waals surface area contributed by atoms with E-state index in [-0.39, 0.29) is 18.7 Å². The molecular formula is C38H57N3O6S. The maximum Gasteiger partial charge on any atom is 0.408 e. The molecule has 48 heavy (non-hydrogen) atoms. The Labute approximate surface area is 293 Å². The first-order chi connectivity index (χ1) is 22.5. The van der Waals surface area contributed by atoms with Gasteiger partial charge in [0.05, 0.1) is 0 Å². The second kappa shape index (κ2) is 18.9. The number of hydrogen-bond acceptors (Lipinski definition) is 7. The molecule has 2 rings (SSSR count). The fraction of sp³-hybridized carbons (Fsp3) is 0.579. The molecule has 0 radical (unpaired) electrons. The van der Waals surface area contributed by atoms with Crippen molar-refractivity contribution in [3.05, 3.63) is 70.8 Å². The highest BCUT2D eigenvalue weighted by atomic mass is 32.1. The van der Waals surface area contributed by atoms with Gasteiger partial charge >= 0.3 is 12.1 Å². The van der Waals surface area contributed by atoms with Gasteiger partial charge < -0.3 is 25.0 Å². The van der Waals surface area contributed by atoms with Crippen molar-refractivity contribution in [2.75, 3.05) is 12.3 Å². The van der Waals surface area contributed by atoms with Crippen molar-refractivity contribution in [1.29, 1.82) is 0 Å². The number of esters is 1. The first-order valence-corrected chi connectivity index (χ1v) is 17.6. The molecule has 3 amide bonds. The standard InChI is InChI=1S/C38H57N3O6S/c1-10-11-12-13-17-23-41(34(43)30(25-48)40-36(45)47-38(7,8)9)32(31-26(2)19-18-20-27(31)3)33(42)39-29(35(44)46-37(4,5)6)24-28-21-15-14-16-22-28/h14-16,18-22,29-30,32,48H,10-13,17,23-25H2,1-9H3,(H,39,42)(H,40,45). The maximum atomic E-state index is 14.7. The highest BCUT2D eigenvalue weighted by Crippen LogP contribution is 2.30. The smallest absolute Gasteiger partial charge is 0.408 e. The van der Waals surface area contributed by atoms with E-state index in [2.05, 4.69) is 30.2 Å². The van der Waals surface area contributed by atoms with Crippen LogP contribution >= 0.6 is 12.6 Å². The quantitative estimate of drug-likeness (QED) is 0.0995. The largest absolute Gasteiger partial charge is 0.458 e. The summed E-state index contributed by atoms with van der Waals surface area (Å²) in [5, 5.41) is 5.65. The summed E-state index contributed by atoms with van der Waals surface area (Å²) in [6.07, 6.45) is 4.06. The molecule has 0 spiro atoms. The van der Waals surface area contributed by atoms with E-state index in [1.54, 1.807) is 41.5 Å². The van der Waals surface area contributed by atoms with Gasteiger partial charge in [0, 0.05) is 18.7 Å². The predicted octanol–water partition coefficient (Wildman–Crippen LogP) is 7.04. The van der Waals surface area contributed by atoms with Crippen LogP contribution in [0.2, 0.25) is 0 Å². The number of carbonyl (C=O) groups is 4. The Morgan fingerprint density at radius 2 is 1.35 bits per heavy atom. The normalized spacial score (nSPS) is 13.5. The molecule has 266 valence electrons. The molecule has 0 fully saturated rings. The van der Waals surface area contributed by atoms with Gasteiger partial charge in [-0.3, -0.25) is 9.59 Å². The Hall–Kier alpha value is -3.53. The van der Waals surface area contributed by atoms with Gasteiger partial charge in [0.25, 0.3) is 0 Å². The van der Waals surface area contributed by atoms with Crippen molar-refractivity contribution in [3.63, 3.8) is 0 Å². The summed E-state index contributed by atoms with van der Waals surface area (Å²) in [6, 6.07) is 11.9. The molecule has 10 heteroatoms. The number of aryl methyl sites for hydroxylation is 2. The van der Waals surface area contributed by atoms with Gasteiger partial charge in [-0.2, -0.15) is 12.6 Å². The number of nitrogens with one attached hydrogen (secondary N) is 2. The lowest BCUT2D eigenvalue weighted by molar-refractivity contribution is -0.159. The second-order valence-electron chi connectivity index (χ2n) is 14.3. The second-order valence-corrected chi connectivity index (χ2v) is 14.7. The third-order valence-corrected chi connectivity index (χ3v) is 7.99. The summed E-state index contributed by atoms with van der Waals surface area (Å²) < 4.78 is 11.2. The predicted molar refractivity (Wildman–Crippen MR) is 194 cm³/mol. The van der Waals surface area contributed by atoms with Gasteiger partial charge in [0.15, 0.2) is 0 Å². The lowest BCUT2D eigenvalue weighted by atomic mass is 9.93. The minimum atomic E-state index is -1.10. The van der Waals surface area contributed by atoms with Crippen LogP contribution in [0, 0.1) is 13.8 Å². The summed E-state index contributed by atoms with van der Waals surface area (Å²) in [4.78, 5) is 57.1. The number of thiol groups is 1. The lowest BCUT2D eigenvalue weighted by Crippen LogP contribution is -2.56. The third-order valence-electron chi connectivity index (χ3n) is 7.62. The van der Waals surface area contributed by atoms with E-state index in [1.165, 1.54) is 4.90 Å². The topological polar surface area (TPSA) is 114 Å². The summed E-state index contributed by atoms with van der Waals surface area (Å²) >= 11 is 4.42. The molecule has 0 aromatic heterocycles. The van der Waals surface area contributed by atoms with Crippen molar-refractivity contribution in [3.8, 4) is 0 Å². The maximum absolute atomic E-state index is 14.7. The number of rotatable bonds is 16. The fourth-order valence-corrected chi connectivity index (χ4v) is 5.69. The van der Waals surface area contributed by atoms with Gasteiger partial charge in [-0.1, -0.05) is 81.1 Å². The van der Waals surface area contributed by atoms with Crippen molar-refractivity contribution in [2.45, 2.75) is 130 Å². The number of amides is 3.